The second-order valence-corrected chi connectivity index (χ2v) is 8.01. The van der Waals surface area contributed by atoms with Crippen LogP contribution in [0.1, 0.15) is 51.9 Å². The van der Waals surface area contributed by atoms with Crippen LogP contribution in [0.5, 0.6) is 0 Å². The maximum Gasteiger partial charge on any atom is 0.409 e. The second-order valence-electron chi connectivity index (χ2n) is 8.01. The van der Waals surface area contributed by atoms with Gasteiger partial charge in [0.05, 0.1) is 6.61 Å². The minimum atomic E-state index is -0.135. The van der Waals surface area contributed by atoms with Gasteiger partial charge in [0.15, 0.2) is 0 Å². The van der Waals surface area contributed by atoms with Crippen LogP contribution >= 0.6 is 0 Å². The first-order valence-electron chi connectivity index (χ1n) is 9.98. The maximum atomic E-state index is 11.9. The SMILES string of the molecule is CCOC(=O)N1CCC2(CC(N3CCC(NCCCC=O)CC3)C2)C1. The smallest absolute Gasteiger partial charge is 0.409 e. The molecule has 1 aliphatic carbocycles. The van der Waals surface area contributed by atoms with Crippen molar-refractivity contribution in [1.82, 2.24) is 15.1 Å². The summed E-state index contributed by atoms with van der Waals surface area (Å²) in [5.41, 5.74) is 0.362. The Morgan fingerprint density at radius 3 is 2.72 bits per heavy atom. The van der Waals surface area contributed by atoms with Crippen molar-refractivity contribution in [3.63, 3.8) is 0 Å². The van der Waals surface area contributed by atoms with E-state index < -0.39 is 0 Å². The second kappa shape index (κ2) is 8.49. The Hall–Kier alpha value is -1.14. The lowest BCUT2D eigenvalue weighted by Crippen LogP contribution is -2.55. The summed E-state index contributed by atoms with van der Waals surface area (Å²) < 4.78 is 5.14. The van der Waals surface area contributed by atoms with Crippen LogP contribution in [0, 0.1) is 5.41 Å². The van der Waals surface area contributed by atoms with Crippen molar-refractivity contribution in [2.45, 2.75) is 64.0 Å². The number of ether oxygens (including phenoxy) is 1. The highest BCUT2D eigenvalue weighted by Crippen LogP contribution is 2.50. The lowest BCUT2D eigenvalue weighted by atomic mass is 9.64. The van der Waals surface area contributed by atoms with E-state index in [0.29, 0.717) is 30.5 Å². The number of aldehydes is 1. The highest BCUT2D eigenvalue weighted by atomic mass is 16.6. The van der Waals surface area contributed by atoms with Gasteiger partial charge >= 0.3 is 6.09 Å². The van der Waals surface area contributed by atoms with Gasteiger partial charge in [-0.1, -0.05) is 0 Å². The number of unbranched alkanes of at least 4 members (excludes halogenated alkanes) is 1. The van der Waals surface area contributed by atoms with Crippen LogP contribution in [0.2, 0.25) is 0 Å². The van der Waals surface area contributed by atoms with E-state index in [9.17, 15) is 9.59 Å². The van der Waals surface area contributed by atoms with Gasteiger partial charge in [-0.2, -0.15) is 0 Å². The molecule has 2 heterocycles. The molecule has 2 aliphatic heterocycles. The number of amides is 1. The molecule has 142 valence electrons. The van der Waals surface area contributed by atoms with Crippen molar-refractivity contribution in [2.75, 3.05) is 39.3 Å². The summed E-state index contributed by atoms with van der Waals surface area (Å²) in [5, 5.41) is 3.59. The normalized spacial score (nSPS) is 30.4. The molecule has 3 fully saturated rings. The van der Waals surface area contributed by atoms with E-state index >= 15 is 0 Å². The minimum Gasteiger partial charge on any atom is -0.450 e. The van der Waals surface area contributed by atoms with Crippen molar-refractivity contribution in [1.29, 1.82) is 0 Å². The fraction of sp³-hybridized carbons (Fsp3) is 0.895. The van der Waals surface area contributed by atoms with Crippen LogP contribution < -0.4 is 5.32 Å². The number of likely N-dealkylation sites (tertiary alicyclic amines) is 2. The van der Waals surface area contributed by atoms with E-state index in [1.54, 1.807) is 0 Å². The van der Waals surface area contributed by atoms with Crippen LogP contribution in [-0.2, 0) is 9.53 Å². The largest absolute Gasteiger partial charge is 0.450 e. The average Bonchev–Trinajstić information content (AvgIpc) is 3.04. The number of rotatable bonds is 7. The monoisotopic (exact) mass is 351 g/mol. The number of nitrogens with zero attached hydrogens (tertiary/aromatic N) is 2. The third-order valence-electron chi connectivity index (χ3n) is 6.28. The zero-order valence-electron chi connectivity index (χ0n) is 15.5. The number of nitrogens with one attached hydrogen (secondary N) is 1. The molecule has 0 radical (unpaired) electrons. The van der Waals surface area contributed by atoms with Crippen molar-refractivity contribution in [3.8, 4) is 0 Å². The summed E-state index contributed by atoms with van der Waals surface area (Å²) in [6, 6.07) is 1.32. The van der Waals surface area contributed by atoms with Crippen molar-refractivity contribution >= 4 is 12.4 Å². The van der Waals surface area contributed by atoms with Crippen LogP contribution in [0.25, 0.3) is 0 Å². The zero-order valence-corrected chi connectivity index (χ0v) is 15.5. The fourth-order valence-corrected chi connectivity index (χ4v) is 4.80. The molecule has 0 atom stereocenters. The molecule has 0 unspecified atom stereocenters. The molecule has 1 amide bonds. The molecule has 0 aromatic rings. The Kier molecular flexibility index (Phi) is 6.34. The third kappa shape index (κ3) is 4.53. The Labute approximate surface area is 151 Å². The van der Waals surface area contributed by atoms with E-state index in [0.717, 1.165) is 38.8 Å². The standard InChI is InChI=1S/C19H33N3O3/c1-2-25-18(24)22-11-7-19(15-22)13-17(14-19)21-9-5-16(6-10-21)20-8-3-4-12-23/h12,16-17,20H,2-11,13-15H2,1H3. The summed E-state index contributed by atoms with van der Waals surface area (Å²) in [5.74, 6) is 0. The molecule has 1 N–H and O–H groups in total. The molecule has 1 spiro atoms. The van der Waals surface area contributed by atoms with Gasteiger partial charge in [0, 0.05) is 31.6 Å². The summed E-state index contributed by atoms with van der Waals surface area (Å²) in [7, 11) is 0. The van der Waals surface area contributed by atoms with Crippen molar-refractivity contribution in [2.24, 2.45) is 5.41 Å². The topological polar surface area (TPSA) is 61.9 Å². The summed E-state index contributed by atoms with van der Waals surface area (Å²) in [4.78, 5) is 26.8. The fourth-order valence-electron chi connectivity index (χ4n) is 4.80. The van der Waals surface area contributed by atoms with Crippen LogP contribution in [0.15, 0.2) is 0 Å². The first kappa shape index (κ1) is 18.6. The molecular formula is C19H33N3O3. The van der Waals surface area contributed by atoms with Crippen LogP contribution in [0.3, 0.4) is 0 Å². The van der Waals surface area contributed by atoms with Gasteiger partial charge in [-0.15, -0.1) is 0 Å². The van der Waals surface area contributed by atoms with E-state index in [1.807, 2.05) is 11.8 Å². The highest BCUT2D eigenvalue weighted by molar-refractivity contribution is 5.68. The molecule has 6 nitrogen and oxygen atoms in total. The summed E-state index contributed by atoms with van der Waals surface area (Å²) >= 11 is 0. The van der Waals surface area contributed by atoms with E-state index in [2.05, 4.69) is 10.2 Å². The molecule has 0 aromatic carbocycles. The first-order valence-corrected chi connectivity index (χ1v) is 9.98. The van der Waals surface area contributed by atoms with Crippen molar-refractivity contribution in [3.05, 3.63) is 0 Å². The quantitative estimate of drug-likeness (QED) is 0.562. The number of carbonyl (C=O) groups is 2. The molecule has 25 heavy (non-hydrogen) atoms. The molecule has 3 rings (SSSR count). The van der Waals surface area contributed by atoms with Crippen molar-refractivity contribution < 1.29 is 14.3 Å². The zero-order chi connectivity index (χ0) is 17.7. The Balaban J connectivity index is 1.34. The van der Waals surface area contributed by atoms with Gasteiger partial charge in [0.1, 0.15) is 6.29 Å². The van der Waals surface area contributed by atoms with Gasteiger partial charge < -0.3 is 24.6 Å². The summed E-state index contributed by atoms with van der Waals surface area (Å²) in [6.07, 6.45) is 8.51. The number of carbonyl (C=O) groups excluding carboxylic acids is 2. The van der Waals surface area contributed by atoms with Gasteiger partial charge in [-0.3, -0.25) is 0 Å². The summed E-state index contributed by atoms with van der Waals surface area (Å²) in [6.45, 7) is 7.38. The molecule has 2 saturated heterocycles. The van der Waals surface area contributed by atoms with E-state index in [4.69, 9.17) is 4.74 Å². The Bertz CT molecular complexity index is 457. The predicted molar refractivity (Wildman–Crippen MR) is 96.6 cm³/mol. The van der Waals surface area contributed by atoms with E-state index in [1.165, 1.54) is 38.8 Å². The lowest BCUT2D eigenvalue weighted by Gasteiger charge is -2.51. The predicted octanol–water partition coefficient (Wildman–Crippen LogP) is 2.03. The van der Waals surface area contributed by atoms with E-state index in [-0.39, 0.29) is 6.09 Å². The maximum absolute atomic E-state index is 11.9. The molecule has 3 aliphatic rings. The molecule has 6 heteroatoms. The lowest BCUT2D eigenvalue weighted by molar-refractivity contribution is -0.107. The van der Waals surface area contributed by atoms with Crippen LogP contribution in [-0.4, -0.2) is 73.6 Å². The first-order chi connectivity index (χ1) is 12.2. The van der Waals surface area contributed by atoms with Gasteiger partial charge in [-0.05, 0) is 70.5 Å². The van der Waals surface area contributed by atoms with Gasteiger partial charge in [0.2, 0.25) is 0 Å². The number of hydrogen-bond acceptors (Lipinski definition) is 5. The van der Waals surface area contributed by atoms with Crippen LogP contribution in [0.4, 0.5) is 4.79 Å². The average molecular weight is 351 g/mol. The highest BCUT2D eigenvalue weighted by Gasteiger charge is 2.51. The third-order valence-corrected chi connectivity index (χ3v) is 6.28. The Morgan fingerprint density at radius 1 is 1.28 bits per heavy atom. The number of hydrogen-bond donors (Lipinski definition) is 1. The van der Waals surface area contributed by atoms with Gasteiger partial charge in [0.25, 0.3) is 0 Å². The molecule has 1 saturated carbocycles. The molecule has 0 bridgehead atoms. The Morgan fingerprint density at radius 2 is 2.04 bits per heavy atom. The molecular weight excluding hydrogens is 318 g/mol. The number of piperidine rings is 1. The molecule has 0 aromatic heterocycles. The van der Waals surface area contributed by atoms with Gasteiger partial charge in [-0.25, -0.2) is 4.79 Å². The minimum absolute atomic E-state index is 0.135.